The molecular weight excluding hydrogens is 458 g/mol. The normalized spacial score (nSPS) is 13.1. The molecule has 1 aliphatic rings. The fourth-order valence-corrected chi connectivity index (χ4v) is 6.16. The predicted molar refractivity (Wildman–Crippen MR) is 131 cm³/mol. The van der Waals surface area contributed by atoms with Crippen LogP contribution in [0, 0.1) is 0 Å². The molecule has 9 heteroatoms. The average molecular weight is 482 g/mol. The fraction of sp³-hybridized carbons (Fsp3) is 0.292. The number of thiophene rings is 1. The molecule has 1 N–H and O–H groups in total. The zero-order chi connectivity index (χ0) is 22.8. The van der Waals surface area contributed by atoms with Gasteiger partial charge in [0.05, 0.1) is 31.1 Å². The van der Waals surface area contributed by atoms with E-state index in [1.807, 2.05) is 18.2 Å². The second-order valence-electron chi connectivity index (χ2n) is 7.82. The molecule has 0 fully saturated rings. The first-order valence-electron chi connectivity index (χ1n) is 10.8. The van der Waals surface area contributed by atoms with Crippen LogP contribution in [0.5, 0.6) is 5.75 Å². The maximum absolute atomic E-state index is 13.6. The van der Waals surface area contributed by atoms with Crippen molar-refractivity contribution in [1.82, 2.24) is 9.55 Å². The van der Waals surface area contributed by atoms with Crippen molar-refractivity contribution in [2.45, 2.75) is 37.4 Å². The van der Waals surface area contributed by atoms with Crippen molar-refractivity contribution in [3.05, 3.63) is 69.2 Å². The number of methoxy groups -OCH3 is 1. The molecule has 5 rings (SSSR count). The van der Waals surface area contributed by atoms with Gasteiger partial charge in [-0.25, -0.2) is 4.98 Å². The second kappa shape index (κ2) is 9.44. The third-order valence-electron chi connectivity index (χ3n) is 5.62. The van der Waals surface area contributed by atoms with E-state index >= 15 is 0 Å². The lowest BCUT2D eigenvalue weighted by molar-refractivity contribution is -0.113. The Kier molecular flexibility index (Phi) is 6.24. The number of nitrogens with one attached hydrogen (secondary N) is 1. The summed E-state index contributed by atoms with van der Waals surface area (Å²) in [5.41, 5.74) is 1.74. The quantitative estimate of drug-likeness (QED) is 0.304. The molecule has 0 bridgehead atoms. The maximum atomic E-state index is 13.6. The number of amides is 1. The first kappa shape index (κ1) is 21.8. The van der Waals surface area contributed by atoms with Crippen molar-refractivity contribution in [3.63, 3.8) is 0 Å². The van der Waals surface area contributed by atoms with E-state index in [1.165, 1.54) is 16.6 Å². The number of hydrogen-bond donors (Lipinski definition) is 1. The van der Waals surface area contributed by atoms with Crippen LogP contribution in [0.25, 0.3) is 10.2 Å². The summed E-state index contributed by atoms with van der Waals surface area (Å²) in [7, 11) is 1.58. The van der Waals surface area contributed by atoms with Gasteiger partial charge in [-0.1, -0.05) is 17.8 Å². The summed E-state index contributed by atoms with van der Waals surface area (Å²) in [5, 5.41) is 4.12. The van der Waals surface area contributed by atoms with Crippen molar-refractivity contribution in [2.24, 2.45) is 0 Å². The number of ether oxygens (including phenoxy) is 1. The molecule has 4 aromatic rings. The van der Waals surface area contributed by atoms with Crippen LogP contribution >= 0.6 is 23.1 Å². The van der Waals surface area contributed by atoms with Crippen LogP contribution in [-0.4, -0.2) is 28.3 Å². The summed E-state index contributed by atoms with van der Waals surface area (Å²) < 4.78 is 12.3. The highest BCUT2D eigenvalue weighted by atomic mass is 32.2. The Morgan fingerprint density at radius 3 is 2.97 bits per heavy atom. The zero-order valence-electron chi connectivity index (χ0n) is 18.1. The monoisotopic (exact) mass is 481 g/mol. The van der Waals surface area contributed by atoms with Gasteiger partial charge in [0, 0.05) is 16.6 Å². The Bertz CT molecular complexity index is 1360. The van der Waals surface area contributed by atoms with E-state index in [-0.39, 0.29) is 23.8 Å². The number of benzene rings is 1. The van der Waals surface area contributed by atoms with E-state index in [2.05, 4.69) is 5.32 Å². The van der Waals surface area contributed by atoms with E-state index < -0.39 is 0 Å². The van der Waals surface area contributed by atoms with E-state index in [0.29, 0.717) is 22.4 Å². The van der Waals surface area contributed by atoms with Crippen LogP contribution in [0.4, 0.5) is 5.69 Å². The molecule has 1 amide bonds. The molecule has 0 spiro atoms. The van der Waals surface area contributed by atoms with Gasteiger partial charge in [0.1, 0.15) is 16.3 Å². The number of fused-ring (bicyclic) bond motifs is 3. The summed E-state index contributed by atoms with van der Waals surface area (Å²) in [6.07, 6.45) is 5.75. The molecular formula is C24H23N3O4S2. The number of aromatic nitrogens is 2. The number of rotatable bonds is 7. The summed E-state index contributed by atoms with van der Waals surface area (Å²) >= 11 is 2.86. The van der Waals surface area contributed by atoms with Crippen LogP contribution in [0.2, 0.25) is 0 Å². The number of aryl methyl sites for hydroxylation is 2. The van der Waals surface area contributed by atoms with E-state index in [4.69, 9.17) is 14.1 Å². The number of anilines is 1. The van der Waals surface area contributed by atoms with Gasteiger partial charge in [0.2, 0.25) is 5.91 Å². The van der Waals surface area contributed by atoms with E-state index in [1.54, 1.807) is 47.5 Å². The third-order valence-corrected chi connectivity index (χ3v) is 7.78. The van der Waals surface area contributed by atoms with Crippen LogP contribution in [0.3, 0.4) is 0 Å². The van der Waals surface area contributed by atoms with Crippen LogP contribution in [0.1, 0.15) is 29.0 Å². The molecule has 3 aromatic heterocycles. The highest BCUT2D eigenvalue weighted by Gasteiger charge is 2.23. The summed E-state index contributed by atoms with van der Waals surface area (Å²) in [6.45, 7) is 0.277. The average Bonchev–Trinajstić information content (AvgIpc) is 3.47. The number of furan rings is 1. The van der Waals surface area contributed by atoms with Crippen molar-refractivity contribution >= 4 is 44.9 Å². The van der Waals surface area contributed by atoms with Crippen molar-refractivity contribution in [2.75, 3.05) is 18.2 Å². The lowest BCUT2D eigenvalue weighted by atomic mass is 9.97. The van der Waals surface area contributed by atoms with E-state index in [0.717, 1.165) is 41.5 Å². The molecule has 0 unspecified atom stereocenters. The number of carbonyl (C=O) groups excluding carboxylic acids is 1. The van der Waals surface area contributed by atoms with Gasteiger partial charge in [0.25, 0.3) is 5.56 Å². The summed E-state index contributed by atoms with van der Waals surface area (Å²) in [6, 6.07) is 10.8. The molecule has 7 nitrogen and oxygen atoms in total. The van der Waals surface area contributed by atoms with Gasteiger partial charge >= 0.3 is 0 Å². The van der Waals surface area contributed by atoms with Gasteiger partial charge in [0.15, 0.2) is 5.16 Å². The smallest absolute Gasteiger partial charge is 0.263 e. The molecule has 3 heterocycles. The molecule has 0 atom stereocenters. The first-order valence-corrected chi connectivity index (χ1v) is 12.6. The lowest BCUT2D eigenvalue weighted by Gasteiger charge is -2.13. The topological polar surface area (TPSA) is 86.4 Å². The SMILES string of the molecule is COc1cccc(NC(=O)CSc2nc3sc4c(c3c(=O)n2Cc2ccco2)CCCC4)c1. The molecule has 0 aliphatic heterocycles. The van der Waals surface area contributed by atoms with Gasteiger partial charge < -0.3 is 14.5 Å². The Morgan fingerprint density at radius 1 is 1.27 bits per heavy atom. The fourth-order valence-electron chi connectivity index (χ4n) is 4.06. The number of carbonyl (C=O) groups is 1. The van der Waals surface area contributed by atoms with Crippen molar-refractivity contribution in [1.29, 1.82) is 0 Å². The molecule has 0 saturated carbocycles. The minimum atomic E-state index is -0.183. The molecule has 0 radical (unpaired) electrons. The Hall–Kier alpha value is -3.04. The van der Waals surface area contributed by atoms with E-state index in [9.17, 15) is 9.59 Å². The molecule has 170 valence electrons. The third kappa shape index (κ3) is 4.56. The predicted octanol–water partition coefficient (Wildman–Crippen LogP) is 4.72. The summed E-state index contributed by atoms with van der Waals surface area (Å²) in [5.74, 6) is 1.28. The van der Waals surface area contributed by atoms with Crippen molar-refractivity contribution in [3.8, 4) is 5.75 Å². The Balaban J connectivity index is 1.44. The Labute approximate surface area is 198 Å². The van der Waals surface area contributed by atoms with Gasteiger partial charge in [-0.05, 0) is 55.5 Å². The Morgan fingerprint density at radius 2 is 2.15 bits per heavy atom. The first-order chi connectivity index (χ1) is 16.1. The molecule has 1 aliphatic carbocycles. The minimum absolute atomic E-state index is 0.0634. The largest absolute Gasteiger partial charge is 0.497 e. The summed E-state index contributed by atoms with van der Waals surface area (Å²) in [4.78, 5) is 33.1. The number of hydrogen-bond acceptors (Lipinski definition) is 7. The van der Waals surface area contributed by atoms with Gasteiger partial charge in [-0.15, -0.1) is 11.3 Å². The number of nitrogens with zero attached hydrogens (tertiary/aromatic N) is 2. The standard InChI is InChI=1S/C24H23N3O4S2/c1-30-16-7-4-6-15(12-16)25-20(28)14-32-24-26-22-21(18-9-2-3-10-19(18)33-22)23(29)27(24)13-17-8-5-11-31-17/h4-8,11-12H,2-3,9-10,13-14H2,1H3,(H,25,28). The zero-order valence-corrected chi connectivity index (χ0v) is 19.8. The second-order valence-corrected chi connectivity index (χ2v) is 9.85. The highest BCUT2D eigenvalue weighted by molar-refractivity contribution is 7.99. The molecule has 0 saturated heterocycles. The number of thioether (sulfide) groups is 1. The van der Waals surface area contributed by atoms with Crippen molar-refractivity contribution < 1.29 is 13.9 Å². The van der Waals surface area contributed by atoms with Crippen LogP contribution < -0.4 is 15.6 Å². The molecule has 33 heavy (non-hydrogen) atoms. The van der Waals surface area contributed by atoms with Gasteiger partial charge in [-0.3, -0.25) is 14.2 Å². The van der Waals surface area contributed by atoms with Gasteiger partial charge in [-0.2, -0.15) is 0 Å². The minimum Gasteiger partial charge on any atom is -0.497 e. The van der Waals surface area contributed by atoms with Crippen LogP contribution in [-0.2, 0) is 24.2 Å². The lowest BCUT2D eigenvalue weighted by Crippen LogP contribution is -2.25. The molecule has 1 aromatic carbocycles. The van der Waals surface area contributed by atoms with Crippen LogP contribution in [0.15, 0.2) is 57.0 Å². The maximum Gasteiger partial charge on any atom is 0.263 e. The highest BCUT2D eigenvalue weighted by Crippen LogP contribution is 2.35.